The number of hydrogen-bond donors (Lipinski definition) is 1. The average Bonchev–Trinajstić information content (AvgIpc) is 2.52. The lowest BCUT2D eigenvalue weighted by Gasteiger charge is -2.19. The smallest absolute Gasteiger partial charge is 0.269 e. The maximum atomic E-state index is 10.9. The first-order valence-electron chi connectivity index (χ1n) is 7.86. The summed E-state index contributed by atoms with van der Waals surface area (Å²) < 4.78 is 0. The maximum Gasteiger partial charge on any atom is 0.269 e. The van der Waals surface area contributed by atoms with Gasteiger partial charge in [-0.25, -0.2) is 0 Å². The summed E-state index contributed by atoms with van der Waals surface area (Å²) in [4.78, 5) is 10.5. The lowest BCUT2D eigenvalue weighted by atomic mass is 9.97. The van der Waals surface area contributed by atoms with Gasteiger partial charge in [-0.3, -0.25) is 10.1 Å². The van der Waals surface area contributed by atoms with Gasteiger partial charge >= 0.3 is 0 Å². The van der Waals surface area contributed by atoms with Crippen molar-refractivity contribution < 1.29 is 4.92 Å². The SMILES string of the molecule is CCC(NCCC1=CCCCC1)c1cccc([N+](=O)[O-])c1. The quantitative estimate of drug-likeness (QED) is 0.456. The zero-order valence-corrected chi connectivity index (χ0v) is 12.7. The van der Waals surface area contributed by atoms with E-state index in [1.165, 1.54) is 25.7 Å². The van der Waals surface area contributed by atoms with E-state index in [-0.39, 0.29) is 16.7 Å². The molecule has 0 aromatic heterocycles. The van der Waals surface area contributed by atoms with Gasteiger partial charge in [0.05, 0.1) is 4.92 Å². The molecule has 0 saturated heterocycles. The van der Waals surface area contributed by atoms with Gasteiger partial charge in [-0.1, -0.05) is 30.7 Å². The summed E-state index contributed by atoms with van der Waals surface area (Å²) in [6, 6.07) is 7.15. The molecule has 1 aromatic carbocycles. The van der Waals surface area contributed by atoms with Crippen molar-refractivity contribution in [2.24, 2.45) is 0 Å². The lowest BCUT2D eigenvalue weighted by molar-refractivity contribution is -0.384. The van der Waals surface area contributed by atoms with Crippen LogP contribution in [0, 0.1) is 10.1 Å². The zero-order chi connectivity index (χ0) is 15.1. The molecule has 4 heteroatoms. The molecule has 0 amide bonds. The Balaban J connectivity index is 1.91. The molecule has 0 spiro atoms. The van der Waals surface area contributed by atoms with E-state index < -0.39 is 0 Å². The van der Waals surface area contributed by atoms with E-state index in [1.807, 2.05) is 6.07 Å². The van der Waals surface area contributed by atoms with Crippen molar-refractivity contribution in [1.29, 1.82) is 0 Å². The van der Waals surface area contributed by atoms with Crippen LogP contribution >= 0.6 is 0 Å². The first kappa shape index (κ1) is 15.7. The molecule has 0 saturated carbocycles. The molecule has 0 fully saturated rings. The first-order valence-corrected chi connectivity index (χ1v) is 7.86. The zero-order valence-electron chi connectivity index (χ0n) is 12.7. The van der Waals surface area contributed by atoms with Gasteiger partial charge in [-0.15, -0.1) is 0 Å². The van der Waals surface area contributed by atoms with Gasteiger partial charge in [-0.2, -0.15) is 0 Å². The number of allylic oxidation sites excluding steroid dienone is 1. The van der Waals surface area contributed by atoms with Crippen molar-refractivity contribution in [3.05, 3.63) is 51.6 Å². The minimum Gasteiger partial charge on any atom is -0.310 e. The molecule has 0 heterocycles. The molecular weight excluding hydrogens is 264 g/mol. The van der Waals surface area contributed by atoms with Crippen LogP contribution in [-0.2, 0) is 0 Å². The van der Waals surface area contributed by atoms with Crippen molar-refractivity contribution in [3.63, 3.8) is 0 Å². The number of hydrogen-bond acceptors (Lipinski definition) is 3. The van der Waals surface area contributed by atoms with E-state index in [0.717, 1.165) is 24.9 Å². The molecule has 1 aliphatic rings. The number of nitro groups is 1. The van der Waals surface area contributed by atoms with Crippen molar-refractivity contribution in [3.8, 4) is 0 Å². The molecule has 114 valence electrons. The van der Waals surface area contributed by atoms with E-state index >= 15 is 0 Å². The summed E-state index contributed by atoms with van der Waals surface area (Å²) in [5.41, 5.74) is 2.73. The van der Waals surface area contributed by atoms with Crippen LogP contribution in [0.3, 0.4) is 0 Å². The molecule has 2 rings (SSSR count). The second-order valence-corrected chi connectivity index (χ2v) is 5.63. The van der Waals surface area contributed by atoms with Gasteiger partial charge in [0.15, 0.2) is 0 Å². The standard InChI is InChI=1S/C17H24N2O2/c1-2-17(15-9-6-10-16(13-15)19(20)21)18-12-11-14-7-4-3-5-8-14/h6-7,9-10,13,17-18H,2-5,8,11-12H2,1H3. The van der Waals surface area contributed by atoms with Crippen LogP contribution in [0.4, 0.5) is 5.69 Å². The summed E-state index contributed by atoms with van der Waals surface area (Å²) in [5, 5.41) is 14.4. The van der Waals surface area contributed by atoms with Crippen molar-refractivity contribution in [2.75, 3.05) is 6.54 Å². The monoisotopic (exact) mass is 288 g/mol. The van der Waals surface area contributed by atoms with Crippen LogP contribution in [-0.4, -0.2) is 11.5 Å². The van der Waals surface area contributed by atoms with Gasteiger partial charge in [0, 0.05) is 18.2 Å². The second kappa shape index (κ2) is 7.93. The summed E-state index contributed by atoms with van der Waals surface area (Å²) in [6.07, 6.45) is 9.48. The fraction of sp³-hybridized carbons (Fsp3) is 0.529. The molecule has 1 unspecified atom stereocenters. The summed E-state index contributed by atoms with van der Waals surface area (Å²) >= 11 is 0. The van der Waals surface area contributed by atoms with Crippen LogP contribution in [0.25, 0.3) is 0 Å². The molecular formula is C17H24N2O2. The fourth-order valence-corrected chi connectivity index (χ4v) is 2.89. The third-order valence-electron chi connectivity index (χ3n) is 4.11. The summed E-state index contributed by atoms with van der Waals surface area (Å²) in [5.74, 6) is 0. The predicted octanol–water partition coefficient (Wildman–Crippen LogP) is 4.53. The highest BCUT2D eigenvalue weighted by molar-refractivity contribution is 5.35. The third-order valence-corrected chi connectivity index (χ3v) is 4.11. The summed E-state index contributed by atoms with van der Waals surface area (Å²) in [6.45, 7) is 3.05. The summed E-state index contributed by atoms with van der Waals surface area (Å²) in [7, 11) is 0. The molecule has 0 radical (unpaired) electrons. The molecule has 1 aromatic rings. The van der Waals surface area contributed by atoms with Crippen molar-refractivity contribution in [1.82, 2.24) is 5.32 Å². The molecule has 1 N–H and O–H groups in total. The largest absolute Gasteiger partial charge is 0.310 e. The van der Waals surface area contributed by atoms with Crippen LogP contribution in [0.1, 0.15) is 57.1 Å². The van der Waals surface area contributed by atoms with E-state index in [9.17, 15) is 10.1 Å². The predicted molar refractivity (Wildman–Crippen MR) is 85.3 cm³/mol. The van der Waals surface area contributed by atoms with Gasteiger partial charge in [0.2, 0.25) is 0 Å². The number of rotatable bonds is 7. The Kier molecular flexibility index (Phi) is 5.93. The highest BCUT2D eigenvalue weighted by Crippen LogP contribution is 2.23. The minimum atomic E-state index is -0.330. The number of nitrogens with one attached hydrogen (secondary N) is 1. The van der Waals surface area contributed by atoms with Gasteiger partial charge in [0.25, 0.3) is 5.69 Å². The topological polar surface area (TPSA) is 55.2 Å². The van der Waals surface area contributed by atoms with Gasteiger partial charge < -0.3 is 5.32 Å². The maximum absolute atomic E-state index is 10.9. The Morgan fingerprint density at radius 2 is 2.24 bits per heavy atom. The minimum absolute atomic E-state index is 0.169. The normalized spacial score (nSPS) is 16.3. The van der Waals surface area contributed by atoms with E-state index in [1.54, 1.807) is 23.8 Å². The Morgan fingerprint density at radius 1 is 1.38 bits per heavy atom. The number of nitrogens with zero attached hydrogens (tertiary/aromatic N) is 1. The number of benzene rings is 1. The highest BCUT2D eigenvalue weighted by atomic mass is 16.6. The van der Waals surface area contributed by atoms with Crippen LogP contribution in [0.5, 0.6) is 0 Å². The van der Waals surface area contributed by atoms with Crippen LogP contribution in [0.15, 0.2) is 35.9 Å². The number of non-ortho nitro benzene ring substituents is 1. The molecule has 4 nitrogen and oxygen atoms in total. The molecule has 1 atom stereocenters. The van der Waals surface area contributed by atoms with Crippen molar-refractivity contribution >= 4 is 5.69 Å². The Bertz CT molecular complexity index is 511. The Morgan fingerprint density at radius 3 is 2.90 bits per heavy atom. The van der Waals surface area contributed by atoms with Crippen LogP contribution in [0.2, 0.25) is 0 Å². The van der Waals surface area contributed by atoms with Crippen molar-refractivity contribution in [2.45, 2.75) is 51.5 Å². The van der Waals surface area contributed by atoms with E-state index in [2.05, 4.69) is 18.3 Å². The van der Waals surface area contributed by atoms with Crippen LogP contribution < -0.4 is 5.32 Å². The Labute approximate surface area is 126 Å². The lowest BCUT2D eigenvalue weighted by Crippen LogP contribution is -2.22. The Hall–Kier alpha value is -1.68. The molecule has 21 heavy (non-hydrogen) atoms. The van der Waals surface area contributed by atoms with E-state index in [4.69, 9.17) is 0 Å². The molecule has 1 aliphatic carbocycles. The third kappa shape index (κ3) is 4.67. The molecule has 0 aliphatic heterocycles. The molecule has 0 bridgehead atoms. The first-order chi connectivity index (χ1) is 10.2. The van der Waals surface area contributed by atoms with E-state index in [0.29, 0.717) is 0 Å². The number of nitro benzene ring substituents is 1. The average molecular weight is 288 g/mol. The van der Waals surface area contributed by atoms with Gasteiger partial charge in [-0.05, 0) is 50.6 Å². The van der Waals surface area contributed by atoms with Gasteiger partial charge in [0.1, 0.15) is 0 Å². The fourth-order valence-electron chi connectivity index (χ4n) is 2.89. The highest BCUT2D eigenvalue weighted by Gasteiger charge is 2.13. The second-order valence-electron chi connectivity index (χ2n) is 5.63.